The molecule has 1 aromatic rings. The summed E-state index contributed by atoms with van der Waals surface area (Å²) in [6.07, 6.45) is 1.75. The molecule has 5 heteroatoms. The molecule has 0 aliphatic carbocycles. The number of nitrogens with one attached hydrogen (secondary N) is 1. The van der Waals surface area contributed by atoms with Gasteiger partial charge in [-0.05, 0) is 18.3 Å². The van der Waals surface area contributed by atoms with Crippen LogP contribution in [0.4, 0.5) is 0 Å². The standard InChI is InChI=1S/C20H28N2O3/c1-20(2,3)13-17(23)21-14-18(24)22-11-9-16(10-12-22)19(25)15-7-5-4-6-8-15/h4-8,16H,9-14H2,1-3H3,(H,21,23). The van der Waals surface area contributed by atoms with E-state index in [4.69, 9.17) is 0 Å². The van der Waals surface area contributed by atoms with Crippen LogP contribution in [-0.2, 0) is 9.59 Å². The Balaban J connectivity index is 1.77. The van der Waals surface area contributed by atoms with Crippen LogP contribution < -0.4 is 5.32 Å². The van der Waals surface area contributed by atoms with Gasteiger partial charge in [-0.15, -0.1) is 0 Å². The van der Waals surface area contributed by atoms with Crippen molar-refractivity contribution in [2.75, 3.05) is 19.6 Å². The number of ketones is 1. The van der Waals surface area contributed by atoms with Crippen LogP contribution in [0.15, 0.2) is 30.3 Å². The van der Waals surface area contributed by atoms with E-state index in [2.05, 4.69) is 5.32 Å². The summed E-state index contributed by atoms with van der Waals surface area (Å²) < 4.78 is 0. The topological polar surface area (TPSA) is 66.5 Å². The van der Waals surface area contributed by atoms with Gasteiger partial charge in [0.1, 0.15) is 0 Å². The van der Waals surface area contributed by atoms with Crippen molar-refractivity contribution in [3.63, 3.8) is 0 Å². The number of rotatable bonds is 5. The maximum absolute atomic E-state index is 12.5. The van der Waals surface area contributed by atoms with Gasteiger partial charge in [0, 0.05) is 31.0 Å². The lowest BCUT2D eigenvalue weighted by Gasteiger charge is -2.31. The second-order valence-corrected chi connectivity index (χ2v) is 7.90. The zero-order valence-electron chi connectivity index (χ0n) is 15.4. The highest BCUT2D eigenvalue weighted by Crippen LogP contribution is 2.22. The summed E-state index contributed by atoms with van der Waals surface area (Å²) in [4.78, 5) is 38.3. The summed E-state index contributed by atoms with van der Waals surface area (Å²) in [6, 6.07) is 9.31. The monoisotopic (exact) mass is 344 g/mol. The minimum Gasteiger partial charge on any atom is -0.347 e. The first-order valence-electron chi connectivity index (χ1n) is 8.90. The molecule has 0 radical (unpaired) electrons. The van der Waals surface area contributed by atoms with Gasteiger partial charge in [-0.25, -0.2) is 0 Å². The van der Waals surface area contributed by atoms with Crippen molar-refractivity contribution >= 4 is 17.6 Å². The number of carbonyl (C=O) groups excluding carboxylic acids is 3. The number of carbonyl (C=O) groups is 3. The zero-order chi connectivity index (χ0) is 18.4. The molecule has 1 aliphatic heterocycles. The van der Waals surface area contributed by atoms with E-state index in [-0.39, 0.29) is 35.5 Å². The first kappa shape index (κ1) is 19.2. The Kier molecular flexibility index (Phi) is 6.34. The molecule has 0 unspecified atom stereocenters. The van der Waals surface area contributed by atoms with Gasteiger partial charge in [-0.2, -0.15) is 0 Å². The molecular formula is C20H28N2O3. The van der Waals surface area contributed by atoms with E-state index in [1.54, 1.807) is 4.90 Å². The molecule has 0 saturated carbocycles. The third kappa shape index (κ3) is 6.00. The molecule has 1 aromatic carbocycles. The first-order valence-corrected chi connectivity index (χ1v) is 8.90. The Morgan fingerprint density at radius 1 is 1.08 bits per heavy atom. The Hall–Kier alpha value is -2.17. The molecule has 0 aromatic heterocycles. The molecule has 0 bridgehead atoms. The van der Waals surface area contributed by atoms with Gasteiger partial charge >= 0.3 is 0 Å². The average Bonchev–Trinajstić information content (AvgIpc) is 2.58. The van der Waals surface area contributed by atoms with Gasteiger partial charge in [0.25, 0.3) is 0 Å². The van der Waals surface area contributed by atoms with Crippen LogP contribution >= 0.6 is 0 Å². The number of amides is 2. The van der Waals surface area contributed by atoms with Crippen LogP contribution in [-0.4, -0.2) is 42.1 Å². The Morgan fingerprint density at radius 2 is 1.68 bits per heavy atom. The number of hydrogen-bond acceptors (Lipinski definition) is 3. The number of piperidine rings is 1. The second-order valence-electron chi connectivity index (χ2n) is 7.90. The number of nitrogens with zero attached hydrogens (tertiary/aromatic N) is 1. The van der Waals surface area contributed by atoms with E-state index in [0.717, 1.165) is 5.56 Å². The normalized spacial score (nSPS) is 15.7. The molecule has 1 N–H and O–H groups in total. The van der Waals surface area contributed by atoms with Gasteiger partial charge in [0.05, 0.1) is 6.54 Å². The van der Waals surface area contributed by atoms with Gasteiger partial charge in [-0.1, -0.05) is 51.1 Å². The van der Waals surface area contributed by atoms with Crippen molar-refractivity contribution < 1.29 is 14.4 Å². The number of likely N-dealkylation sites (tertiary alicyclic amines) is 1. The largest absolute Gasteiger partial charge is 0.347 e. The van der Waals surface area contributed by atoms with E-state index < -0.39 is 0 Å². The Morgan fingerprint density at radius 3 is 2.24 bits per heavy atom. The third-order valence-electron chi connectivity index (χ3n) is 4.40. The fraction of sp³-hybridized carbons (Fsp3) is 0.550. The van der Waals surface area contributed by atoms with Crippen molar-refractivity contribution in [1.82, 2.24) is 10.2 Å². The number of benzene rings is 1. The molecule has 0 spiro atoms. The Bertz CT molecular complexity index is 612. The predicted molar refractivity (Wildman–Crippen MR) is 97.2 cm³/mol. The molecule has 0 atom stereocenters. The lowest BCUT2D eigenvalue weighted by Crippen LogP contribution is -2.45. The molecule has 1 saturated heterocycles. The van der Waals surface area contributed by atoms with Crippen LogP contribution in [0, 0.1) is 11.3 Å². The van der Waals surface area contributed by atoms with Gasteiger partial charge in [0.15, 0.2) is 5.78 Å². The third-order valence-corrected chi connectivity index (χ3v) is 4.40. The zero-order valence-corrected chi connectivity index (χ0v) is 15.4. The molecule has 25 heavy (non-hydrogen) atoms. The van der Waals surface area contributed by atoms with Crippen LogP contribution in [0.3, 0.4) is 0 Å². The lowest BCUT2D eigenvalue weighted by atomic mass is 9.89. The average molecular weight is 344 g/mol. The lowest BCUT2D eigenvalue weighted by molar-refractivity contribution is -0.134. The minimum atomic E-state index is -0.102. The smallest absolute Gasteiger partial charge is 0.241 e. The molecule has 136 valence electrons. The summed E-state index contributed by atoms with van der Waals surface area (Å²) in [6.45, 7) is 7.13. The predicted octanol–water partition coefficient (Wildman–Crippen LogP) is 2.66. The fourth-order valence-electron chi connectivity index (χ4n) is 3.06. The molecule has 1 aliphatic rings. The van der Waals surface area contributed by atoms with E-state index in [1.807, 2.05) is 51.1 Å². The van der Waals surface area contributed by atoms with Crippen LogP contribution in [0.5, 0.6) is 0 Å². The van der Waals surface area contributed by atoms with Crippen molar-refractivity contribution in [3.05, 3.63) is 35.9 Å². The van der Waals surface area contributed by atoms with Crippen LogP contribution in [0.25, 0.3) is 0 Å². The summed E-state index contributed by atoms with van der Waals surface area (Å²) in [5.41, 5.74) is 0.644. The highest BCUT2D eigenvalue weighted by molar-refractivity contribution is 5.98. The molecule has 5 nitrogen and oxygen atoms in total. The maximum Gasteiger partial charge on any atom is 0.241 e. The summed E-state index contributed by atoms with van der Waals surface area (Å²) in [5, 5.41) is 2.70. The van der Waals surface area contributed by atoms with Crippen molar-refractivity contribution in [2.45, 2.75) is 40.0 Å². The van der Waals surface area contributed by atoms with Gasteiger partial charge < -0.3 is 10.2 Å². The van der Waals surface area contributed by atoms with E-state index in [1.165, 1.54) is 0 Å². The number of hydrogen-bond donors (Lipinski definition) is 1. The minimum absolute atomic E-state index is 0.0260. The molecule has 2 amide bonds. The SMILES string of the molecule is CC(C)(C)CC(=O)NCC(=O)N1CCC(C(=O)c2ccccc2)CC1. The van der Waals surface area contributed by atoms with E-state index in [0.29, 0.717) is 32.4 Å². The van der Waals surface area contributed by atoms with Crippen molar-refractivity contribution in [3.8, 4) is 0 Å². The van der Waals surface area contributed by atoms with Gasteiger partial charge in [-0.3, -0.25) is 14.4 Å². The second kappa shape index (κ2) is 8.28. The highest BCUT2D eigenvalue weighted by atomic mass is 16.2. The van der Waals surface area contributed by atoms with Crippen molar-refractivity contribution in [2.24, 2.45) is 11.3 Å². The molecular weight excluding hydrogens is 316 g/mol. The summed E-state index contributed by atoms with van der Waals surface area (Å²) >= 11 is 0. The van der Waals surface area contributed by atoms with Crippen LogP contribution in [0.1, 0.15) is 50.4 Å². The highest BCUT2D eigenvalue weighted by Gasteiger charge is 2.28. The number of Topliss-reactive ketones (excluding diaryl/α,β-unsaturated/α-hetero) is 1. The molecule has 1 heterocycles. The fourth-order valence-corrected chi connectivity index (χ4v) is 3.06. The van der Waals surface area contributed by atoms with E-state index >= 15 is 0 Å². The van der Waals surface area contributed by atoms with Gasteiger partial charge in [0.2, 0.25) is 11.8 Å². The summed E-state index contributed by atoms with van der Waals surface area (Å²) in [7, 11) is 0. The Labute approximate surface area is 149 Å². The maximum atomic E-state index is 12.5. The first-order chi connectivity index (χ1) is 11.8. The van der Waals surface area contributed by atoms with Crippen molar-refractivity contribution in [1.29, 1.82) is 0 Å². The van der Waals surface area contributed by atoms with E-state index in [9.17, 15) is 14.4 Å². The molecule has 1 fully saturated rings. The quantitative estimate of drug-likeness (QED) is 0.835. The molecule has 2 rings (SSSR count). The summed E-state index contributed by atoms with van der Waals surface area (Å²) in [5.74, 6) is -0.0454. The van der Waals surface area contributed by atoms with Crippen LogP contribution in [0.2, 0.25) is 0 Å².